The Morgan fingerprint density at radius 2 is 2.11 bits per heavy atom. The molecule has 0 saturated carbocycles. The van der Waals surface area contributed by atoms with Crippen LogP contribution in [-0.2, 0) is 18.8 Å². The average Bonchev–Trinajstić information content (AvgIpc) is 2.60. The van der Waals surface area contributed by atoms with E-state index in [2.05, 4.69) is 0 Å². The summed E-state index contributed by atoms with van der Waals surface area (Å²) in [7, 11) is 2.05. The smallest absolute Gasteiger partial charge is 0.359 e. The van der Waals surface area contributed by atoms with Gasteiger partial charge in [-0.2, -0.15) is 0 Å². The molecule has 0 aromatic rings. The summed E-state index contributed by atoms with van der Waals surface area (Å²) in [6.45, 7) is -0.940. The van der Waals surface area contributed by atoms with E-state index in [0.717, 1.165) is 0 Å². The molecule has 2 radical (unpaired) electrons. The van der Waals surface area contributed by atoms with E-state index in [-0.39, 0.29) is 6.61 Å². The first-order chi connectivity index (χ1) is 8.81. The quantitative estimate of drug-likeness (QED) is 0.513. The van der Waals surface area contributed by atoms with Crippen molar-refractivity contribution in [3.05, 3.63) is 0 Å². The zero-order valence-corrected chi connectivity index (χ0v) is 11.2. The number of hydrogen-bond acceptors (Lipinski definition) is 4. The lowest BCUT2D eigenvalue weighted by atomic mass is 9.92. The van der Waals surface area contributed by atoms with E-state index in [4.69, 9.17) is 31.8 Å². The number of alkyl halides is 2. The molecule has 1 rings (SSSR count). The third kappa shape index (κ3) is 4.48. The maximum atomic E-state index is 13.3. The molecule has 0 aromatic heterocycles. The fourth-order valence-corrected chi connectivity index (χ4v) is 2.41. The molecule has 6 nitrogen and oxygen atoms in total. The minimum Gasteiger partial charge on any atom is -0.379 e. The standard InChI is InChI=1S/C9H16BF2O6P/c1-16-7-5(4-6(12)19(13,14)15)18-9(10)8(7)17-3-2-11/h5-9H,2-4H2,1H3,(H2,13,14,15)/t5-,6?,7-,8-,9-/m1/s1. The summed E-state index contributed by atoms with van der Waals surface area (Å²) in [5.41, 5.74) is 0. The summed E-state index contributed by atoms with van der Waals surface area (Å²) >= 11 is 0. The first kappa shape index (κ1) is 17.0. The topological polar surface area (TPSA) is 85.2 Å². The van der Waals surface area contributed by atoms with Crippen LogP contribution in [0, 0.1) is 0 Å². The molecule has 0 aromatic carbocycles. The first-order valence-electron chi connectivity index (χ1n) is 5.62. The van der Waals surface area contributed by atoms with Crippen molar-refractivity contribution in [3.8, 4) is 0 Å². The highest BCUT2D eigenvalue weighted by Gasteiger charge is 2.46. The molecule has 0 spiro atoms. The van der Waals surface area contributed by atoms with Gasteiger partial charge in [-0.15, -0.1) is 0 Å². The fraction of sp³-hybridized carbons (Fsp3) is 1.00. The second kappa shape index (κ2) is 7.10. The Labute approximate surface area is 111 Å². The second-order valence-electron chi connectivity index (χ2n) is 4.12. The molecule has 1 aliphatic heterocycles. The van der Waals surface area contributed by atoms with Gasteiger partial charge in [-0.05, 0) is 0 Å². The van der Waals surface area contributed by atoms with E-state index >= 15 is 0 Å². The lowest BCUT2D eigenvalue weighted by molar-refractivity contribution is -0.0481. The van der Waals surface area contributed by atoms with Gasteiger partial charge in [-0.25, -0.2) is 8.78 Å². The molecule has 110 valence electrons. The molecule has 10 heteroatoms. The van der Waals surface area contributed by atoms with E-state index in [0.29, 0.717) is 0 Å². The maximum Gasteiger partial charge on any atom is 0.359 e. The summed E-state index contributed by atoms with van der Waals surface area (Å²) in [5.74, 6) is -2.37. The predicted molar refractivity (Wildman–Crippen MR) is 62.5 cm³/mol. The molecular formula is C9H16BF2O6P. The van der Waals surface area contributed by atoms with Crippen molar-refractivity contribution in [2.45, 2.75) is 36.6 Å². The molecule has 1 unspecified atom stereocenters. The molecule has 2 N–H and O–H groups in total. The molecule has 5 atom stereocenters. The molecule has 1 heterocycles. The van der Waals surface area contributed by atoms with E-state index in [1.807, 2.05) is 0 Å². The van der Waals surface area contributed by atoms with Gasteiger partial charge in [-0.1, -0.05) is 0 Å². The lowest BCUT2D eigenvalue weighted by Gasteiger charge is -2.23. The summed E-state index contributed by atoms with van der Waals surface area (Å²) in [6.07, 6.45) is -3.17. The summed E-state index contributed by atoms with van der Waals surface area (Å²) in [6, 6.07) is -0.967. The first-order valence-corrected chi connectivity index (χ1v) is 7.30. The molecule has 1 fully saturated rings. The fourth-order valence-electron chi connectivity index (χ4n) is 1.93. The summed E-state index contributed by atoms with van der Waals surface area (Å²) in [4.78, 5) is 17.4. The van der Waals surface area contributed by atoms with Crippen LogP contribution in [0.15, 0.2) is 0 Å². The zero-order chi connectivity index (χ0) is 14.6. The van der Waals surface area contributed by atoms with Crippen molar-refractivity contribution in [2.24, 2.45) is 0 Å². The molecule has 0 amide bonds. The Morgan fingerprint density at radius 1 is 1.47 bits per heavy atom. The van der Waals surface area contributed by atoms with Gasteiger partial charge in [0.05, 0.1) is 12.7 Å². The number of methoxy groups -OCH3 is 1. The Hall–Kier alpha value is -0.0451. The summed E-state index contributed by atoms with van der Waals surface area (Å²) < 4.78 is 51.5. The predicted octanol–water partition coefficient (Wildman–Crippen LogP) is 0.113. The third-order valence-electron chi connectivity index (χ3n) is 2.80. The van der Waals surface area contributed by atoms with Gasteiger partial charge in [0.1, 0.15) is 26.7 Å². The number of ether oxygens (including phenoxy) is 3. The Morgan fingerprint density at radius 3 is 2.58 bits per heavy atom. The number of rotatable bonds is 7. The zero-order valence-electron chi connectivity index (χ0n) is 10.3. The second-order valence-corrected chi connectivity index (χ2v) is 5.86. The monoisotopic (exact) mass is 300 g/mol. The minimum atomic E-state index is -4.85. The van der Waals surface area contributed by atoms with Crippen LogP contribution in [0.4, 0.5) is 8.78 Å². The molecular weight excluding hydrogens is 284 g/mol. The highest BCUT2D eigenvalue weighted by Crippen LogP contribution is 2.45. The van der Waals surface area contributed by atoms with Crippen molar-refractivity contribution in [3.63, 3.8) is 0 Å². The highest BCUT2D eigenvalue weighted by atomic mass is 31.2. The van der Waals surface area contributed by atoms with Crippen LogP contribution in [-0.4, -0.2) is 68.3 Å². The molecule has 0 bridgehead atoms. The largest absolute Gasteiger partial charge is 0.379 e. The average molecular weight is 300 g/mol. The molecule has 19 heavy (non-hydrogen) atoms. The van der Waals surface area contributed by atoms with Gasteiger partial charge >= 0.3 is 7.60 Å². The van der Waals surface area contributed by atoms with E-state index in [1.54, 1.807) is 0 Å². The lowest BCUT2D eigenvalue weighted by Crippen LogP contribution is -2.38. The third-order valence-corrected chi connectivity index (χ3v) is 3.74. The number of hydrogen-bond donors (Lipinski definition) is 2. The van der Waals surface area contributed by atoms with Crippen molar-refractivity contribution in [1.29, 1.82) is 0 Å². The van der Waals surface area contributed by atoms with Gasteiger partial charge in [0.25, 0.3) is 0 Å². The summed E-state index contributed by atoms with van der Waals surface area (Å²) in [5, 5.41) is 0. The Kier molecular flexibility index (Phi) is 6.36. The van der Waals surface area contributed by atoms with Crippen LogP contribution in [0.3, 0.4) is 0 Å². The van der Waals surface area contributed by atoms with Crippen LogP contribution in [0.2, 0.25) is 0 Å². The highest BCUT2D eigenvalue weighted by molar-refractivity contribution is 7.52. The van der Waals surface area contributed by atoms with Crippen LogP contribution in [0.1, 0.15) is 6.42 Å². The van der Waals surface area contributed by atoms with Crippen LogP contribution in [0.5, 0.6) is 0 Å². The van der Waals surface area contributed by atoms with E-state index in [1.165, 1.54) is 7.11 Å². The van der Waals surface area contributed by atoms with Gasteiger partial charge in [0, 0.05) is 19.5 Å². The van der Waals surface area contributed by atoms with E-state index < -0.39 is 50.9 Å². The molecule has 1 saturated heterocycles. The SMILES string of the molecule is [B][C@@H]1O[C@H](CC(F)P(=O)(O)O)[C@@H](OC)[C@H]1OCCF. The Balaban J connectivity index is 2.67. The van der Waals surface area contributed by atoms with Crippen LogP contribution in [0.25, 0.3) is 0 Å². The van der Waals surface area contributed by atoms with Gasteiger partial charge in [0.2, 0.25) is 5.91 Å². The minimum absolute atomic E-state index is 0.216. The maximum absolute atomic E-state index is 13.3. The van der Waals surface area contributed by atoms with Crippen molar-refractivity contribution in [2.75, 3.05) is 20.4 Å². The van der Waals surface area contributed by atoms with Gasteiger partial charge in [0.15, 0.2) is 0 Å². The number of halogens is 2. The van der Waals surface area contributed by atoms with Gasteiger partial charge in [-0.3, -0.25) is 4.57 Å². The molecule has 1 aliphatic rings. The van der Waals surface area contributed by atoms with Crippen LogP contribution < -0.4 is 0 Å². The van der Waals surface area contributed by atoms with Crippen molar-refractivity contribution < 1.29 is 37.3 Å². The van der Waals surface area contributed by atoms with Crippen molar-refractivity contribution >= 4 is 15.4 Å². The Bertz CT molecular complexity index is 330. The molecule has 0 aliphatic carbocycles. The van der Waals surface area contributed by atoms with E-state index in [9.17, 15) is 13.3 Å². The van der Waals surface area contributed by atoms with Crippen molar-refractivity contribution in [1.82, 2.24) is 0 Å². The van der Waals surface area contributed by atoms with Gasteiger partial charge < -0.3 is 24.0 Å². The normalized spacial score (nSPS) is 33.5. The van der Waals surface area contributed by atoms with Crippen LogP contribution >= 0.6 is 7.60 Å².